The highest BCUT2D eigenvalue weighted by Crippen LogP contribution is 2.28. The molecule has 2 aromatic rings. The maximum absolute atomic E-state index is 12.9. The van der Waals surface area contributed by atoms with Gasteiger partial charge in [0.25, 0.3) is 5.91 Å². The molecule has 1 saturated heterocycles. The Labute approximate surface area is 194 Å². The van der Waals surface area contributed by atoms with Crippen LogP contribution in [0.2, 0.25) is 15.1 Å². The number of amides is 1. The molecule has 1 aliphatic heterocycles. The lowest BCUT2D eigenvalue weighted by atomic mass is 10.2. The van der Waals surface area contributed by atoms with Crippen molar-refractivity contribution >= 4 is 62.5 Å². The molecule has 31 heavy (non-hydrogen) atoms. The monoisotopic (exact) mass is 505 g/mol. The number of rotatable bonds is 6. The molecule has 1 fully saturated rings. The summed E-state index contributed by atoms with van der Waals surface area (Å²) in [7, 11) is -3.85. The minimum absolute atomic E-state index is 0.00308. The Morgan fingerprint density at radius 1 is 1.06 bits per heavy atom. The molecule has 1 aromatic carbocycles. The van der Waals surface area contributed by atoms with Crippen LogP contribution in [0.1, 0.15) is 29.6 Å². The number of sulfonamides is 1. The zero-order valence-corrected chi connectivity index (χ0v) is 19.2. The number of aromatic nitrogens is 1. The number of piperidine rings is 1. The van der Waals surface area contributed by atoms with Crippen LogP contribution in [0, 0.1) is 0 Å². The molecule has 0 saturated carbocycles. The average molecular weight is 507 g/mol. The van der Waals surface area contributed by atoms with E-state index in [1.807, 2.05) is 0 Å². The Balaban J connectivity index is 1.68. The van der Waals surface area contributed by atoms with Crippen molar-refractivity contribution in [2.75, 3.05) is 25.0 Å². The van der Waals surface area contributed by atoms with E-state index in [4.69, 9.17) is 39.5 Å². The Bertz CT molecular complexity index is 1100. The second-order valence-electron chi connectivity index (χ2n) is 6.72. The third kappa shape index (κ3) is 5.87. The molecule has 0 atom stereocenters. The van der Waals surface area contributed by atoms with E-state index < -0.39 is 28.5 Å². The van der Waals surface area contributed by atoms with Gasteiger partial charge in [0, 0.05) is 19.3 Å². The van der Waals surface area contributed by atoms with Crippen LogP contribution in [-0.4, -0.2) is 49.3 Å². The molecule has 3 rings (SSSR count). The first kappa shape index (κ1) is 23.7. The van der Waals surface area contributed by atoms with Crippen LogP contribution in [0.25, 0.3) is 0 Å². The highest BCUT2D eigenvalue weighted by atomic mass is 35.5. The van der Waals surface area contributed by atoms with Gasteiger partial charge in [-0.1, -0.05) is 41.2 Å². The number of carbonyl (C=O) groups excluding carboxylic acids is 2. The van der Waals surface area contributed by atoms with Crippen molar-refractivity contribution in [2.24, 2.45) is 0 Å². The number of anilines is 1. The summed E-state index contributed by atoms with van der Waals surface area (Å²) in [5, 5.41) is 2.81. The van der Waals surface area contributed by atoms with Gasteiger partial charge in [0.2, 0.25) is 10.0 Å². The second kappa shape index (κ2) is 10.1. The third-order valence-electron chi connectivity index (χ3n) is 4.50. The van der Waals surface area contributed by atoms with Crippen molar-refractivity contribution in [1.29, 1.82) is 0 Å². The van der Waals surface area contributed by atoms with Gasteiger partial charge in [-0.05, 0) is 37.1 Å². The third-order valence-corrected chi connectivity index (χ3v) is 7.37. The summed E-state index contributed by atoms with van der Waals surface area (Å²) in [6.45, 7) is 0.167. The lowest BCUT2D eigenvalue weighted by Gasteiger charge is -2.26. The number of ether oxygens (including phenoxy) is 1. The molecule has 0 bridgehead atoms. The molecule has 1 aromatic heterocycles. The quantitative estimate of drug-likeness (QED) is 0.593. The van der Waals surface area contributed by atoms with E-state index in [2.05, 4.69) is 10.3 Å². The zero-order valence-electron chi connectivity index (χ0n) is 16.1. The fourth-order valence-corrected chi connectivity index (χ4v) is 5.41. The van der Waals surface area contributed by atoms with Gasteiger partial charge in [-0.25, -0.2) is 18.2 Å². The normalized spacial score (nSPS) is 14.8. The molecule has 1 N–H and O–H groups in total. The first-order valence-corrected chi connectivity index (χ1v) is 11.8. The van der Waals surface area contributed by atoms with E-state index in [-0.39, 0.29) is 26.3 Å². The van der Waals surface area contributed by atoms with Crippen molar-refractivity contribution < 1.29 is 22.7 Å². The van der Waals surface area contributed by atoms with Gasteiger partial charge in [0.05, 0.1) is 20.6 Å². The number of hydrogen-bond donors (Lipinski definition) is 1. The second-order valence-corrected chi connectivity index (χ2v) is 9.88. The van der Waals surface area contributed by atoms with E-state index in [0.29, 0.717) is 18.1 Å². The molecule has 0 aliphatic carbocycles. The van der Waals surface area contributed by atoms with E-state index in [1.165, 1.54) is 28.7 Å². The highest BCUT2D eigenvalue weighted by Gasteiger charge is 2.29. The highest BCUT2D eigenvalue weighted by molar-refractivity contribution is 7.89. The average Bonchev–Trinajstić information content (AvgIpc) is 2.75. The van der Waals surface area contributed by atoms with Gasteiger partial charge < -0.3 is 10.1 Å². The van der Waals surface area contributed by atoms with Crippen LogP contribution in [0.3, 0.4) is 0 Å². The lowest BCUT2D eigenvalue weighted by Crippen LogP contribution is -2.35. The number of nitrogens with zero attached hydrogens (tertiary/aromatic N) is 2. The van der Waals surface area contributed by atoms with E-state index in [9.17, 15) is 18.0 Å². The molecule has 0 unspecified atom stereocenters. The predicted octanol–water partition coefficient (Wildman–Crippen LogP) is 4.01. The van der Waals surface area contributed by atoms with Crippen LogP contribution in [0.4, 0.5) is 5.82 Å². The SMILES string of the molecule is O=C(COC(=O)c1ccc(Cl)c(S(=O)(=O)N2CCCCC2)c1)Nc1ncc(Cl)cc1Cl. The molecule has 12 heteroatoms. The smallest absolute Gasteiger partial charge is 0.338 e. The summed E-state index contributed by atoms with van der Waals surface area (Å²) in [5.74, 6) is -1.49. The van der Waals surface area contributed by atoms with Crippen molar-refractivity contribution in [2.45, 2.75) is 24.2 Å². The minimum atomic E-state index is -3.85. The molecule has 2 heterocycles. The topological polar surface area (TPSA) is 106 Å². The number of nitrogens with one attached hydrogen (secondary N) is 1. The van der Waals surface area contributed by atoms with Gasteiger partial charge in [0.1, 0.15) is 4.90 Å². The largest absolute Gasteiger partial charge is 0.452 e. The molecule has 1 amide bonds. The summed E-state index contributed by atoms with van der Waals surface area (Å²) in [5.41, 5.74) is -0.0459. The van der Waals surface area contributed by atoms with Crippen LogP contribution in [0.15, 0.2) is 35.4 Å². The molecule has 166 valence electrons. The number of esters is 1. The van der Waals surface area contributed by atoms with Gasteiger partial charge in [0.15, 0.2) is 12.4 Å². The molecule has 1 aliphatic rings. The number of pyridine rings is 1. The minimum Gasteiger partial charge on any atom is -0.452 e. The number of benzene rings is 1. The summed E-state index contributed by atoms with van der Waals surface area (Å²) < 4.78 is 32.1. The number of hydrogen-bond acceptors (Lipinski definition) is 6. The van der Waals surface area contributed by atoms with E-state index in [1.54, 1.807) is 0 Å². The Hall–Kier alpha value is -1.91. The van der Waals surface area contributed by atoms with Crippen LogP contribution >= 0.6 is 34.8 Å². The first-order chi connectivity index (χ1) is 14.7. The predicted molar refractivity (Wildman–Crippen MR) is 117 cm³/mol. The maximum Gasteiger partial charge on any atom is 0.338 e. The van der Waals surface area contributed by atoms with Gasteiger partial charge >= 0.3 is 5.97 Å². The zero-order chi connectivity index (χ0) is 22.6. The number of carbonyl (C=O) groups is 2. The molecular weight excluding hydrogens is 489 g/mol. The van der Waals surface area contributed by atoms with Crippen LogP contribution in [0.5, 0.6) is 0 Å². The number of halogens is 3. The molecule has 8 nitrogen and oxygen atoms in total. The first-order valence-electron chi connectivity index (χ1n) is 9.26. The maximum atomic E-state index is 12.9. The fourth-order valence-electron chi connectivity index (χ4n) is 2.96. The summed E-state index contributed by atoms with van der Waals surface area (Å²) in [6.07, 6.45) is 3.79. The Kier molecular flexibility index (Phi) is 7.77. The van der Waals surface area contributed by atoms with Crippen molar-refractivity contribution in [3.05, 3.63) is 51.1 Å². The summed E-state index contributed by atoms with van der Waals surface area (Å²) in [4.78, 5) is 28.1. The summed E-state index contributed by atoms with van der Waals surface area (Å²) >= 11 is 17.8. The Morgan fingerprint density at radius 3 is 2.45 bits per heavy atom. The van der Waals surface area contributed by atoms with Crippen LogP contribution < -0.4 is 5.32 Å². The van der Waals surface area contributed by atoms with Crippen LogP contribution in [-0.2, 0) is 19.6 Å². The van der Waals surface area contributed by atoms with Gasteiger partial charge in [-0.2, -0.15) is 4.31 Å². The van der Waals surface area contributed by atoms with E-state index in [0.717, 1.165) is 25.3 Å². The summed E-state index contributed by atoms with van der Waals surface area (Å²) in [6, 6.07) is 5.20. The Morgan fingerprint density at radius 2 is 1.77 bits per heavy atom. The van der Waals surface area contributed by atoms with Crippen molar-refractivity contribution in [3.63, 3.8) is 0 Å². The lowest BCUT2D eigenvalue weighted by molar-refractivity contribution is -0.119. The van der Waals surface area contributed by atoms with Crippen molar-refractivity contribution in [3.8, 4) is 0 Å². The van der Waals surface area contributed by atoms with Gasteiger partial charge in [-0.15, -0.1) is 0 Å². The molecule has 0 radical (unpaired) electrons. The molecular formula is C19H18Cl3N3O5S. The van der Waals surface area contributed by atoms with E-state index >= 15 is 0 Å². The van der Waals surface area contributed by atoms with Crippen molar-refractivity contribution in [1.82, 2.24) is 9.29 Å². The standard InChI is InChI=1S/C19H18Cl3N3O5S/c20-13-9-15(22)18(23-10-13)24-17(26)11-30-19(27)12-4-5-14(21)16(8-12)31(28,29)25-6-2-1-3-7-25/h4-5,8-10H,1-3,6-7,11H2,(H,23,24,26). The molecule has 0 spiro atoms. The fraction of sp³-hybridized carbons (Fsp3) is 0.316. The van der Waals surface area contributed by atoms with Gasteiger partial charge in [-0.3, -0.25) is 4.79 Å².